The predicted octanol–water partition coefficient (Wildman–Crippen LogP) is 3.52. The zero-order valence-electron chi connectivity index (χ0n) is 12.1. The first-order chi connectivity index (χ1) is 9.25. The average Bonchev–Trinajstić information content (AvgIpc) is 3.24. The number of benzene rings is 1. The summed E-state index contributed by atoms with van der Waals surface area (Å²) in [5, 5.41) is 3.68. The van der Waals surface area contributed by atoms with Crippen LogP contribution in [0.5, 0.6) is 0 Å². The van der Waals surface area contributed by atoms with E-state index in [1.165, 1.54) is 42.4 Å². The van der Waals surface area contributed by atoms with Crippen LogP contribution in [0.25, 0.3) is 0 Å². The minimum atomic E-state index is 0.292. The van der Waals surface area contributed by atoms with Crippen LogP contribution >= 0.6 is 0 Å². The molecule has 3 rings (SSSR count). The monoisotopic (exact) mass is 259 g/mol. The molecule has 1 N–H and O–H groups in total. The lowest BCUT2D eigenvalue weighted by molar-refractivity contribution is -0.0282. The predicted molar refractivity (Wildman–Crippen MR) is 78.4 cm³/mol. The van der Waals surface area contributed by atoms with E-state index in [2.05, 4.69) is 37.4 Å². The van der Waals surface area contributed by atoms with Crippen LogP contribution in [0.2, 0.25) is 0 Å². The van der Waals surface area contributed by atoms with Gasteiger partial charge in [-0.3, -0.25) is 0 Å². The van der Waals surface area contributed by atoms with E-state index in [4.69, 9.17) is 4.74 Å². The zero-order chi connectivity index (χ0) is 13.2. The van der Waals surface area contributed by atoms with E-state index in [0.717, 1.165) is 19.2 Å². The Hall–Kier alpha value is -0.860. The molecule has 1 aliphatic heterocycles. The molecule has 2 heteroatoms. The van der Waals surface area contributed by atoms with E-state index in [1.54, 1.807) is 0 Å². The fourth-order valence-corrected chi connectivity index (χ4v) is 3.08. The molecule has 0 bridgehead atoms. The normalized spacial score (nSPS) is 27.5. The molecular formula is C17H25NO. The first kappa shape index (κ1) is 13.1. The highest BCUT2D eigenvalue weighted by atomic mass is 16.5. The molecule has 2 unspecified atom stereocenters. The Morgan fingerprint density at radius 3 is 2.84 bits per heavy atom. The number of nitrogens with one attached hydrogen (secondary N) is 1. The standard InChI is InChI=1S/C17H25NO/c1-12-5-3-7-16(13(12)2)17-14(6-4-10-19-17)11-18-15-8-9-15/h3,5,7,14-15,17-18H,4,6,8-11H2,1-2H3. The van der Waals surface area contributed by atoms with Crippen molar-refractivity contribution in [2.24, 2.45) is 5.92 Å². The second-order valence-electron chi connectivity index (χ2n) is 6.17. The van der Waals surface area contributed by atoms with Crippen molar-refractivity contribution in [2.45, 2.75) is 51.7 Å². The lowest BCUT2D eigenvalue weighted by Gasteiger charge is -2.33. The Balaban J connectivity index is 1.76. The smallest absolute Gasteiger partial charge is 0.0867 e. The number of hydrogen-bond donors (Lipinski definition) is 1. The molecular weight excluding hydrogens is 234 g/mol. The summed E-state index contributed by atoms with van der Waals surface area (Å²) in [4.78, 5) is 0. The summed E-state index contributed by atoms with van der Waals surface area (Å²) >= 11 is 0. The van der Waals surface area contributed by atoms with Crippen LogP contribution in [0.3, 0.4) is 0 Å². The Bertz CT molecular complexity index is 439. The topological polar surface area (TPSA) is 21.3 Å². The van der Waals surface area contributed by atoms with E-state index in [1.807, 2.05) is 0 Å². The highest BCUT2D eigenvalue weighted by Gasteiger charge is 2.30. The molecule has 1 aliphatic carbocycles. The van der Waals surface area contributed by atoms with Gasteiger partial charge >= 0.3 is 0 Å². The maximum atomic E-state index is 6.13. The highest BCUT2D eigenvalue weighted by molar-refractivity contribution is 5.35. The number of ether oxygens (including phenoxy) is 1. The molecule has 1 aromatic carbocycles. The number of aryl methyl sites for hydroxylation is 1. The van der Waals surface area contributed by atoms with Gasteiger partial charge in [-0.15, -0.1) is 0 Å². The molecule has 104 valence electrons. The molecule has 2 nitrogen and oxygen atoms in total. The average molecular weight is 259 g/mol. The summed E-state index contributed by atoms with van der Waals surface area (Å²) in [7, 11) is 0. The van der Waals surface area contributed by atoms with Gasteiger partial charge in [-0.2, -0.15) is 0 Å². The quantitative estimate of drug-likeness (QED) is 0.893. The van der Waals surface area contributed by atoms with Gasteiger partial charge < -0.3 is 10.1 Å². The summed E-state index contributed by atoms with van der Waals surface area (Å²) in [6, 6.07) is 7.41. The number of hydrogen-bond acceptors (Lipinski definition) is 2. The van der Waals surface area contributed by atoms with Crippen molar-refractivity contribution in [2.75, 3.05) is 13.2 Å². The van der Waals surface area contributed by atoms with Crippen molar-refractivity contribution in [3.8, 4) is 0 Å². The molecule has 1 heterocycles. The third-order valence-electron chi connectivity index (χ3n) is 4.64. The minimum Gasteiger partial charge on any atom is -0.373 e. The highest BCUT2D eigenvalue weighted by Crippen LogP contribution is 2.36. The summed E-state index contributed by atoms with van der Waals surface area (Å²) in [6.45, 7) is 6.45. The van der Waals surface area contributed by atoms with Gasteiger partial charge in [0.05, 0.1) is 6.10 Å². The maximum absolute atomic E-state index is 6.13. The van der Waals surface area contributed by atoms with Crippen molar-refractivity contribution < 1.29 is 4.74 Å². The summed E-state index contributed by atoms with van der Waals surface area (Å²) in [5.74, 6) is 0.634. The van der Waals surface area contributed by atoms with Crippen LogP contribution in [0.1, 0.15) is 48.5 Å². The Kier molecular flexibility index (Phi) is 3.90. The maximum Gasteiger partial charge on any atom is 0.0867 e. The van der Waals surface area contributed by atoms with Crippen LogP contribution in [-0.2, 0) is 4.74 Å². The van der Waals surface area contributed by atoms with E-state index >= 15 is 0 Å². The van der Waals surface area contributed by atoms with Crippen molar-refractivity contribution in [3.05, 3.63) is 34.9 Å². The van der Waals surface area contributed by atoms with Crippen molar-refractivity contribution in [3.63, 3.8) is 0 Å². The number of rotatable bonds is 4. The molecule has 1 aromatic rings. The molecule has 2 aliphatic rings. The van der Waals surface area contributed by atoms with Gasteiger partial charge in [0.15, 0.2) is 0 Å². The SMILES string of the molecule is Cc1cccc(C2OCCCC2CNC2CC2)c1C. The van der Waals surface area contributed by atoms with Crippen molar-refractivity contribution >= 4 is 0 Å². The minimum absolute atomic E-state index is 0.292. The molecule has 1 saturated carbocycles. The fraction of sp³-hybridized carbons (Fsp3) is 0.647. The Labute approximate surface area is 116 Å². The van der Waals surface area contributed by atoms with Crippen LogP contribution in [-0.4, -0.2) is 19.2 Å². The van der Waals surface area contributed by atoms with Gasteiger partial charge in [-0.05, 0) is 56.2 Å². The lowest BCUT2D eigenvalue weighted by Crippen LogP contribution is -2.33. The van der Waals surface area contributed by atoms with Gasteiger partial charge in [-0.25, -0.2) is 0 Å². The molecule has 0 spiro atoms. The third kappa shape index (κ3) is 3.01. The summed E-state index contributed by atoms with van der Waals surface area (Å²) in [5.41, 5.74) is 4.19. The van der Waals surface area contributed by atoms with Gasteiger partial charge in [0.25, 0.3) is 0 Å². The second kappa shape index (κ2) is 5.64. The first-order valence-corrected chi connectivity index (χ1v) is 7.67. The largest absolute Gasteiger partial charge is 0.373 e. The van der Waals surface area contributed by atoms with Gasteiger partial charge in [0.2, 0.25) is 0 Å². The third-order valence-corrected chi connectivity index (χ3v) is 4.64. The van der Waals surface area contributed by atoms with Gasteiger partial charge in [0, 0.05) is 25.1 Å². The Morgan fingerprint density at radius 2 is 2.05 bits per heavy atom. The molecule has 0 aromatic heterocycles. The molecule has 2 fully saturated rings. The van der Waals surface area contributed by atoms with E-state index in [9.17, 15) is 0 Å². The first-order valence-electron chi connectivity index (χ1n) is 7.67. The van der Waals surface area contributed by atoms with Crippen LogP contribution in [0.15, 0.2) is 18.2 Å². The van der Waals surface area contributed by atoms with E-state index in [-0.39, 0.29) is 0 Å². The van der Waals surface area contributed by atoms with Crippen LogP contribution in [0, 0.1) is 19.8 Å². The molecule has 0 amide bonds. The second-order valence-corrected chi connectivity index (χ2v) is 6.17. The molecule has 0 radical (unpaired) electrons. The molecule has 2 atom stereocenters. The van der Waals surface area contributed by atoms with E-state index < -0.39 is 0 Å². The van der Waals surface area contributed by atoms with Crippen molar-refractivity contribution in [1.29, 1.82) is 0 Å². The lowest BCUT2D eigenvalue weighted by atomic mass is 9.86. The fourth-order valence-electron chi connectivity index (χ4n) is 3.08. The molecule has 1 saturated heterocycles. The molecule has 19 heavy (non-hydrogen) atoms. The van der Waals surface area contributed by atoms with Crippen molar-refractivity contribution in [1.82, 2.24) is 5.32 Å². The van der Waals surface area contributed by atoms with Crippen LogP contribution in [0.4, 0.5) is 0 Å². The summed E-state index contributed by atoms with van der Waals surface area (Å²) in [6.07, 6.45) is 5.51. The van der Waals surface area contributed by atoms with Crippen LogP contribution < -0.4 is 5.32 Å². The zero-order valence-corrected chi connectivity index (χ0v) is 12.1. The summed E-state index contributed by atoms with van der Waals surface area (Å²) < 4.78 is 6.13. The van der Waals surface area contributed by atoms with E-state index in [0.29, 0.717) is 12.0 Å². The van der Waals surface area contributed by atoms with Gasteiger partial charge in [0.1, 0.15) is 0 Å². The van der Waals surface area contributed by atoms with Gasteiger partial charge in [-0.1, -0.05) is 18.2 Å². The Morgan fingerprint density at radius 1 is 1.21 bits per heavy atom.